The van der Waals surface area contributed by atoms with E-state index in [2.05, 4.69) is 18.0 Å². The van der Waals surface area contributed by atoms with Crippen LogP contribution in [0.15, 0.2) is 23.2 Å². The summed E-state index contributed by atoms with van der Waals surface area (Å²) < 4.78 is 7.83. The van der Waals surface area contributed by atoms with Gasteiger partial charge in [-0.15, -0.1) is 0 Å². The van der Waals surface area contributed by atoms with Gasteiger partial charge in [0, 0.05) is 5.41 Å². The second-order valence-electron chi connectivity index (χ2n) is 6.60. The van der Waals surface area contributed by atoms with Gasteiger partial charge in [-0.05, 0) is 31.0 Å². The molecular formula is C18H24N2O3S. The Bertz CT molecular complexity index is 825. The topological polar surface area (TPSA) is 60.7 Å². The Morgan fingerprint density at radius 2 is 1.96 bits per heavy atom. The van der Waals surface area contributed by atoms with Crippen molar-refractivity contribution in [3.8, 4) is 0 Å². The number of nitrogens with zero attached hydrogens (tertiary/aromatic N) is 2. The van der Waals surface area contributed by atoms with Crippen LogP contribution in [-0.4, -0.2) is 23.1 Å². The minimum absolute atomic E-state index is 0.0512. The molecule has 0 saturated carbocycles. The number of hydrogen-bond donors (Lipinski definition) is 0. The predicted octanol–water partition coefficient (Wildman–Crippen LogP) is 3.30. The third kappa shape index (κ3) is 4.12. The molecule has 0 fully saturated rings. The van der Waals surface area contributed by atoms with Gasteiger partial charge in [0.25, 0.3) is 5.91 Å². The maximum atomic E-state index is 12.3. The number of rotatable bonds is 4. The van der Waals surface area contributed by atoms with Gasteiger partial charge in [-0.3, -0.25) is 9.59 Å². The molecule has 0 atom stereocenters. The maximum Gasteiger partial charge on any atom is 0.326 e. The molecule has 1 aromatic heterocycles. The Morgan fingerprint density at radius 3 is 2.54 bits per heavy atom. The lowest BCUT2D eigenvalue weighted by Crippen LogP contribution is -2.26. The Balaban J connectivity index is 2.61. The molecule has 0 aliphatic carbocycles. The monoisotopic (exact) mass is 348 g/mol. The minimum Gasteiger partial charge on any atom is -0.465 e. The number of aryl methyl sites for hydroxylation is 1. The van der Waals surface area contributed by atoms with Crippen LogP contribution in [0.1, 0.15) is 40.2 Å². The van der Waals surface area contributed by atoms with Crippen LogP contribution in [0.5, 0.6) is 0 Å². The molecule has 0 spiro atoms. The average molecular weight is 348 g/mol. The van der Waals surface area contributed by atoms with Crippen molar-refractivity contribution >= 4 is 33.4 Å². The van der Waals surface area contributed by atoms with E-state index >= 15 is 0 Å². The van der Waals surface area contributed by atoms with Crippen molar-refractivity contribution < 1.29 is 14.3 Å². The number of carbonyl (C=O) groups excluding carboxylic acids is 2. The van der Waals surface area contributed by atoms with E-state index in [4.69, 9.17) is 4.74 Å². The summed E-state index contributed by atoms with van der Waals surface area (Å²) in [5.74, 6) is -0.538. The smallest absolute Gasteiger partial charge is 0.326 e. The molecule has 0 N–H and O–H groups in total. The number of fused-ring (bicyclic) bond motifs is 1. The summed E-state index contributed by atoms with van der Waals surface area (Å²) in [6, 6.07) is 6.10. The van der Waals surface area contributed by atoms with E-state index in [0.717, 1.165) is 16.6 Å². The van der Waals surface area contributed by atoms with Gasteiger partial charge in [0.05, 0.1) is 16.8 Å². The zero-order valence-corrected chi connectivity index (χ0v) is 15.7. The molecular weight excluding hydrogens is 324 g/mol. The number of hydrogen-bond acceptors (Lipinski definition) is 4. The molecule has 1 heterocycles. The van der Waals surface area contributed by atoms with Crippen LogP contribution in [0.2, 0.25) is 0 Å². The highest BCUT2D eigenvalue weighted by molar-refractivity contribution is 7.16. The normalized spacial score (nSPS) is 12.6. The molecule has 130 valence electrons. The van der Waals surface area contributed by atoms with Crippen molar-refractivity contribution in [2.24, 2.45) is 10.4 Å². The first-order valence-corrected chi connectivity index (χ1v) is 8.95. The summed E-state index contributed by atoms with van der Waals surface area (Å²) in [6.07, 6.45) is 0.930. The average Bonchev–Trinajstić information content (AvgIpc) is 2.83. The van der Waals surface area contributed by atoms with E-state index in [0.29, 0.717) is 11.4 Å². The summed E-state index contributed by atoms with van der Waals surface area (Å²) in [5.41, 5.74) is 1.54. The van der Waals surface area contributed by atoms with E-state index in [-0.39, 0.29) is 18.4 Å². The highest BCUT2D eigenvalue weighted by Crippen LogP contribution is 2.21. The highest BCUT2D eigenvalue weighted by atomic mass is 32.1. The fourth-order valence-electron chi connectivity index (χ4n) is 2.17. The molecule has 0 aliphatic heterocycles. The zero-order valence-electron chi connectivity index (χ0n) is 14.9. The van der Waals surface area contributed by atoms with E-state index in [1.54, 1.807) is 11.5 Å². The highest BCUT2D eigenvalue weighted by Gasteiger charge is 2.21. The van der Waals surface area contributed by atoms with Gasteiger partial charge in [-0.25, -0.2) is 0 Å². The van der Waals surface area contributed by atoms with Crippen molar-refractivity contribution in [3.63, 3.8) is 0 Å². The molecule has 0 saturated heterocycles. The molecule has 1 amide bonds. The number of thiazole rings is 1. The predicted molar refractivity (Wildman–Crippen MR) is 95.9 cm³/mol. The second-order valence-corrected chi connectivity index (χ2v) is 7.61. The lowest BCUT2D eigenvalue weighted by Gasteiger charge is -2.12. The van der Waals surface area contributed by atoms with Crippen molar-refractivity contribution in [3.05, 3.63) is 28.6 Å². The van der Waals surface area contributed by atoms with Gasteiger partial charge in [0.15, 0.2) is 4.80 Å². The van der Waals surface area contributed by atoms with Crippen LogP contribution in [0.3, 0.4) is 0 Å². The number of aromatic nitrogens is 1. The third-order valence-corrected chi connectivity index (χ3v) is 4.63. The molecule has 0 radical (unpaired) electrons. The maximum absolute atomic E-state index is 12.3. The van der Waals surface area contributed by atoms with E-state index in [9.17, 15) is 9.59 Å². The molecule has 6 heteroatoms. The number of benzene rings is 1. The van der Waals surface area contributed by atoms with Crippen LogP contribution in [0.4, 0.5) is 0 Å². The first-order valence-electron chi connectivity index (χ1n) is 8.13. The fourth-order valence-corrected chi connectivity index (χ4v) is 3.26. The van der Waals surface area contributed by atoms with E-state index in [1.807, 2.05) is 32.9 Å². The first-order chi connectivity index (χ1) is 11.3. The summed E-state index contributed by atoms with van der Waals surface area (Å²) in [4.78, 5) is 29.1. The van der Waals surface area contributed by atoms with Gasteiger partial charge >= 0.3 is 5.97 Å². The fraction of sp³-hybridized carbons (Fsp3) is 0.500. The Morgan fingerprint density at radius 1 is 1.25 bits per heavy atom. The minimum atomic E-state index is -0.563. The van der Waals surface area contributed by atoms with Crippen LogP contribution < -0.4 is 4.80 Å². The Hall–Kier alpha value is -1.95. The van der Waals surface area contributed by atoms with Crippen molar-refractivity contribution in [2.45, 2.75) is 47.6 Å². The summed E-state index contributed by atoms with van der Waals surface area (Å²) in [5, 5.41) is 0. The number of ether oxygens (including phenoxy) is 1. The Kier molecular flexibility index (Phi) is 5.59. The third-order valence-electron chi connectivity index (χ3n) is 3.59. The van der Waals surface area contributed by atoms with Gasteiger partial charge in [0.1, 0.15) is 6.54 Å². The Labute approximate surface area is 146 Å². The van der Waals surface area contributed by atoms with E-state index < -0.39 is 5.41 Å². The van der Waals surface area contributed by atoms with Gasteiger partial charge in [-0.1, -0.05) is 45.1 Å². The van der Waals surface area contributed by atoms with Crippen LogP contribution in [0.25, 0.3) is 10.2 Å². The molecule has 0 aliphatic rings. The molecule has 5 nitrogen and oxygen atoms in total. The van der Waals surface area contributed by atoms with Crippen LogP contribution >= 0.6 is 11.3 Å². The van der Waals surface area contributed by atoms with Crippen LogP contribution in [0, 0.1) is 5.41 Å². The zero-order chi connectivity index (χ0) is 17.9. The van der Waals surface area contributed by atoms with Crippen molar-refractivity contribution in [1.82, 2.24) is 4.57 Å². The number of amides is 1. The lowest BCUT2D eigenvalue weighted by molar-refractivity contribution is -0.143. The molecule has 1 aromatic carbocycles. The van der Waals surface area contributed by atoms with Gasteiger partial charge in [0.2, 0.25) is 0 Å². The second kappa shape index (κ2) is 7.30. The summed E-state index contributed by atoms with van der Waals surface area (Å²) >= 11 is 1.43. The molecule has 2 aromatic rings. The van der Waals surface area contributed by atoms with Crippen molar-refractivity contribution in [2.75, 3.05) is 6.61 Å². The summed E-state index contributed by atoms with van der Waals surface area (Å²) in [7, 11) is 0. The van der Waals surface area contributed by atoms with Crippen molar-refractivity contribution in [1.29, 1.82) is 0 Å². The SMILES string of the molecule is CCOC(=O)Cn1c(=NC(=O)C(C)(C)C)sc2cc(CC)ccc21. The van der Waals surface area contributed by atoms with Gasteiger partial charge < -0.3 is 9.30 Å². The van der Waals surface area contributed by atoms with Gasteiger partial charge in [-0.2, -0.15) is 4.99 Å². The molecule has 2 rings (SSSR count). The standard InChI is InChI=1S/C18H24N2O3S/c1-6-12-8-9-13-14(10-12)24-17(19-16(22)18(3,4)5)20(13)11-15(21)23-7-2/h8-10H,6-7,11H2,1-5H3. The molecule has 0 bridgehead atoms. The quantitative estimate of drug-likeness (QED) is 0.797. The summed E-state index contributed by atoms with van der Waals surface area (Å²) in [6.45, 7) is 9.74. The number of esters is 1. The first kappa shape index (κ1) is 18.4. The largest absolute Gasteiger partial charge is 0.465 e. The van der Waals surface area contributed by atoms with Crippen LogP contribution in [-0.2, 0) is 27.3 Å². The lowest BCUT2D eigenvalue weighted by atomic mass is 9.96. The number of carbonyl (C=O) groups is 2. The van der Waals surface area contributed by atoms with E-state index in [1.165, 1.54) is 16.9 Å². The molecule has 0 unspecified atom stereocenters. The molecule has 24 heavy (non-hydrogen) atoms.